The summed E-state index contributed by atoms with van der Waals surface area (Å²) in [4.78, 5) is 25.5. The number of amides is 3. The molecule has 1 unspecified atom stereocenters. The molecule has 0 aromatic heterocycles. The molecule has 0 spiro atoms. The molecule has 1 aromatic rings. The zero-order chi connectivity index (χ0) is 16.7. The number of halogens is 2. The molecule has 0 saturated carbocycles. The molecule has 24 heavy (non-hydrogen) atoms. The Hall–Kier alpha value is -1.86. The number of nitrogens with two attached hydrogens (primary N) is 1. The van der Waals surface area contributed by atoms with Gasteiger partial charge in [0.15, 0.2) is 0 Å². The van der Waals surface area contributed by atoms with Gasteiger partial charge in [-0.25, -0.2) is 9.18 Å². The second-order valence-corrected chi connectivity index (χ2v) is 5.73. The quantitative estimate of drug-likeness (QED) is 0.751. The monoisotopic (exact) mass is 358 g/mol. The van der Waals surface area contributed by atoms with Gasteiger partial charge in [-0.3, -0.25) is 4.79 Å². The van der Waals surface area contributed by atoms with Gasteiger partial charge >= 0.3 is 6.03 Å². The third kappa shape index (κ3) is 6.33. The zero-order valence-corrected chi connectivity index (χ0v) is 14.3. The molecule has 0 aliphatic carbocycles. The topological polar surface area (TPSA) is 87.5 Å². The predicted molar refractivity (Wildman–Crippen MR) is 93.6 cm³/mol. The first-order chi connectivity index (χ1) is 11.1. The van der Waals surface area contributed by atoms with Crippen molar-refractivity contribution in [3.8, 4) is 0 Å². The fourth-order valence-corrected chi connectivity index (χ4v) is 2.72. The van der Waals surface area contributed by atoms with Crippen LogP contribution in [-0.4, -0.2) is 43.0 Å². The molecule has 4 N–H and O–H groups in total. The van der Waals surface area contributed by atoms with Gasteiger partial charge in [0, 0.05) is 38.3 Å². The molecule has 1 atom stereocenters. The number of carbonyl (C=O) groups is 2. The highest BCUT2D eigenvalue weighted by Gasteiger charge is 2.23. The molecule has 1 aromatic carbocycles. The molecule has 1 aliphatic heterocycles. The lowest BCUT2D eigenvalue weighted by atomic mass is 9.98. The summed E-state index contributed by atoms with van der Waals surface area (Å²) in [6, 6.07) is 5.36. The summed E-state index contributed by atoms with van der Waals surface area (Å²) in [5.41, 5.74) is 5.82. The van der Waals surface area contributed by atoms with Crippen molar-refractivity contribution >= 4 is 30.0 Å². The number of urea groups is 1. The second-order valence-electron chi connectivity index (χ2n) is 5.73. The molecule has 0 radical (unpaired) electrons. The van der Waals surface area contributed by atoms with Gasteiger partial charge in [-0.05, 0) is 37.0 Å². The van der Waals surface area contributed by atoms with Crippen molar-refractivity contribution in [2.24, 2.45) is 11.7 Å². The van der Waals surface area contributed by atoms with Crippen LogP contribution >= 0.6 is 12.4 Å². The van der Waals surface area contributed by atoms with Crippen LogP contribution in [0.4, 0.5) is 14.9 Å². The predicted octanol–water partition coefficient (Wildman–Crippen LogP) is 1.96. The number of likely N-dealkylation sites (tertiary alicyclic amines) is 1. The lowest BCUT2D eigenvalue weighted by Crippen LogP contribution is -2.44. The molecule has 134 valence electrons. The van der Waals surface area contributed by atoms with Crippen LogP contribution in [0.3, 0.4) is 0 Å². The number of nitrogens with zero attached hydrogens (tertiary/aromatic N) is 1. The summed E-state index contributed by atoms with van der Waals surface area (Å²) in [6.07, 6.45) is 2.25. The Labute approximate surface area is 147 Å². The van der Waals surface area contributed by atoms with E-state index in [1.807, 2.05) is 4.90 Å². The lowest BCUT2D eigenvalue weighted by molar-refractivity contribution is -0.132. The largest absolute Gasteiger partial charge is 0.342 e. The van der Waals surface area contributed by atoms with Crippen molar-refractivity contribution in [1.82, 2.24) is 10.2 Å². The lowest BCUT2D eigenvalue weighted by Gasteiger charge is -2.32. The van der Waals surface area contributed by atoms with Crippen molar-refractivity contribution in [2.75, 3.05) is 31.5 Å². The summed E-state index contributed by atoms with van der Waals surface area (Å²) in [7, 11) is 0. The van der Waals surface area contributed by atoms with E-state index >= 15 is 0 Å². The van der Waals surface area contributed by atoms with Crippen LogP contribution in [0.2, 0.25) is 0 Å². The molecule has 2 rings (SSSR count). The Morgan fingerprint density at radius 2 is 2.17 bits per heavy atom. The Balaban J connectivity index is 0.00000288. The third-order valence-corrected chi connectivity index (χ3v) is 3.86. The SMILES string of the molecule is Cl.NCCC(=O)N1CCCC(CNC(=O)Nc2cccc(F)c2)C1. The summed E-state index contributed by atoms with van der Waals surface area (Å²) in [5, 5.41) is 5.37. The van der Waals surface area contributed by atoms with Crippen LogP contribution in [0.25, 0.3) is 0 Å². The van der Waals surface area contributed by atoms with Crippen LogP contribution < -0.4 is 16.4 Å². The van der Waals surface area contributed by atoms with E-state index in [2.05, 4.69) is 10.6 Å². The van der Waals surface area contributed by atoms with E-state index in [1.54, 1.807) is 6.07 Å². The fraction of sp³-hybridized carbons (Fsp3) is 0.500. The minimum atomic E-state index is -0.399. The van der Waals surface area contributed by atoms with Crippen molar-refractivity contribution in [1.29, 1.82) is 0 Å². The number of benzene rings is 1. The smallest absolute Gasteiger partial charge is 0.319 e. The number of anilines is 1. The first-order valence-electron chi connectivity index (χ1n) is 7.86. The summed E-state index contributed by atoms with van der Waals surface area (Å²) in [6.45, 7) is 2.23. The number of carbonyl (C=O) groups excluding carboxylic acids is 2. The highest BCUT2D eigenvalue weighted by molar-refractivity contribution is 5.89. The van der Waals surface area contributed by atoms with Crippen molar-refractivity contribution in [3.05, 3.63) is 30.1 Å². The average molecular weight is 359 g/mol. The molecule has 8 heteroatoms. The maximum atomic E-state index is 13.1. The molecule has 3 amide bonds. The van der Waals surface area contributed by atoms with Gasteiger partial charge in [-0.2, -0.15) is 0 Å². The average Bonchev–Trinajstić information content (AvgIpc) is 2.53. The standard InChI is InChI=1S/C16H23FN4O2.ClH/c17-13-4-1-5-14(9-13)20-16(23)19-10-12-3-2-8-21(11-12)15(22)6-7-18;/h1,4-5,9,12H,2-3,6-8,10-11,18H2,(H2,19,20,23);1H. The van der Waals surface area contributed by atoms with Gasteiger partial charge in [-0.1, -0.05) is 6.07 Å². The van der Waals surface area contributed by atoms with Crippen LogP contribution in [0.1, 0.15) is 19.3 Å². The molecule has 0 bridgehead atoms. The first-order valence-corrected chi connectivity index (χ1v) is 7.86. The number of hydrogen-bond acceptors (Lipinski definition) is 3. The number of hydrogen-bond donors (Lipinski definition) is 3. The normalized spacial score (nSPS) is 16.9. The maximum absolute atomic E-state index is 13.1. The Bertz CT molecular complexity index is 559. The van der Waals surface area contributed by atoms with E-state index < -0.39 is 5.82 Å². The molecular formula is C16H24ClFN4O2. The molecule has 1 saturated heterocycles. The first kappa shape index (κ1) is 20.2. The van der Waals surface area contributed by atoms with Gasteiger partial charge in [0.2, 0.25) is 5.91 Å². The van der Waals surface area contributed by atoms with E-state index in [0.29, 0.717) is 31.7 Å². The fourth-order valence-electron chi connectivity index (χ4n) is 2.72. The molecule has 1 heterocycles. The van der Waals surface area contributed by atoms with Gasteiger partial charge in [0.25, 0.3) is 0 Å². The maximum Gasteiger partial charge on any atom is 0.319 e. The molecular weight excluding hydrogens is 335 g/mol. The van der Waals surface area contributed by atoms with Crippen LogP contribution in [0.5, 0.6) is 0 Å². The van der Waals surface area contributed by atoms with Crippen molar-refractivity contribution < 1.29 is 14.0 Å². The second kappa shape index (κ2) is 10.1. The van der Waals surface area contributed by atoms with E-state index in [1.165, 1.54) is 18.2 Å². The van der Waals surface area contributed by atoms with Gasteiger partial charge in [0.1, 0.15) is 5.82 Å². The van der Waals surface area contributed by atoms with E-state index in [9.17, 15) is 14.0 Å². The van der Waals surface area contributed by atoms with E-state index in [4.69, 9.17) is 5.73 Å². The number of rotatable bonds is 5. The van der Waals surface area contributed by atoms with Crippen molar-refractivity contribution in [3.63, 3.8) is 0 Å². The van der Waals surface area contributed by atoms with E-state index in [-0.39, 0.29) is 30.3 Å². The Morgan fingerprint density at radius 3 is 2.88 bits per heavy atom. The summed E-state index contributed by atoms with van der Waals surface area (Å²) in [5.74, 6) is -0.103. The zero-order valence-electron chi connectivity index (χ0n) is 13.5. The number of piperidine rings is 1. The number of nitrogens with one attached hydrogen (secondary N) is 2. The summed E-state index contributed by atoms with van der Waals surface area (Å²) < 4.78 is 13.1. The van der Waals surface area contributed by atoms with E-state index in [0.717, 1.165) is 19.4 Å². The molecule has 1 aliphatic rings. The third-order valence-electron chi connectivity index (χ3n) is 3.86. The van der Waals surface area contributed by atoms with Crippen LogP contribution in [0, 0.1) is 11.7 Å². The highest BCUT2D eigenvalue weighted by atomic mass is 35.5. The van der Waals surface area contributed by atoms with Crippen molar-refractivity contribution in [2.45, 2.75) is 19.3 Å². The van der Waals surface area contributed by atoms with Gasteiger partial charge < -0.3 is 21.3 Å². The molecule has 6 nitrogen and oxygen atoms in total. The Morgan fingerprint density at radius 1 is 1.38 bits per heavy atom. The minimum absolute atomic E-state index is 0. The van der Waals surface area contributed by atoms with Crippen LogP contribution in [-0.2, 0) is 4.79 Å². The summed E-state index contributed by atoms with van der Waals surface area (Å²) >= 11 is 0. The highest BCUT2D eigenvalue weighted by Crippen LogP contribution is 2.16. The Kier molecular flexibility index (Phi) is 8.49. The minimum Gasteiger partial charge on any atom is -0.342 e. The molecule has 1 fully saturated rings. The van der Waals surface area contributed by atoms with Gasteiger partial charge in [0.05, 0.1) is 0 Å². The van der Waals surface area contributed by atoms with Gasteiger partial charge in [-0.15, -0.1) is 12.4 Å². The van der Waals surface area contributed by atoms with Crippen LogP contribution in [0.15, 0.2) is 24.3 Å².